The van der Waals surface area contributed by atoms with E-state index in [0.717, 1.165) is 12.0 Å². The summed E-state index contributed by atoms with van der Waals surface area (Å²) >= 11 is 5.68. The van der Waals surface area contributed by atoms with Crippen LogP contribution in [0.2, 0.25) is 5.02 Å². The molecule has 1 heterocycles. The van der Waals surface area contributed by atoms with Crippen LogP contribution in [-0.2, 0) is 6.42 Å². The van der Waals surface area contributed by atoms with Gasteiger partial charge in [0.1, 0.15) is 0 Å². The Morgan fingerprint density at radius 3 is 2.90 bits per heavy atom. The van der Waals surface area contributed by atoms with Crippen LogP contribution >= 0.6 is 11.6 Å². The first-order valence-electron chi connectivity index (χ1n) is 3.12. The molecule has 0 radical (unpaired) electrons. The molecule has 1 aromatic rings. The quantitative estimate of drug-likeness (QED) is 0.700. The van der Waals surface area contributed by atoms with Crippen LogP contribution in [0, 0.1) is 0 Å². The van der Waals surface area contributed by atoms with Gasteiger partial charge in [0.2, 0.25) is 0 Å². The van der Waals surface area contributed by atoms with Gasteiger partial charge in [-0.1, -0.05) is 11.6 Å². The molecule has 2 nitrogen and oxygen atoms in total. The van der Waals surface area contributed by atoms with Gasteiger partial charge in [0, 0.05) is 12.4 Å². The number of hydrogen-bond donors (Lipinski definition) is 1. The molecule has 0 aliphatic rings. The number of nitrogens with two attached hydrogens (primary N) is 1. The summed E-state index contributed by atoms with van der Waals surface area (Å²) in [5, 5.41) is 0.672. The number of pyridine rings is 1. The summed E-state index contributed by atoms with van der Waals surface area (Å²) in [4.78, 5) is 3.92. The van der Waals surface area contributed by atoms with Crippen LogP contribution in [0.15, 0.2) is 18.5 Å². The molecule has 0 aromatic carbocycles. The van der Waals surface area contributed by atoms with Crippen molar-refractivity contribution in [3.05, 3.63) is 29.0 Å². The molecule has 0 amide bonds. The molecule has 0 saturated heterocycles. The number of nitrogens with zero attached hydrogens (tertiary/aromatic N) is 1. The molecular weight excluding hydrogens is 148 g/mol. The molecule has 54 valence electrons. The van der Waals surface area contributed by atoms with Crippen LogP contribution in [0.4, 0.5) is 0 Å². The predicted molar refractivity (Wildman–Crippen MR) is 42.0 cm³/mol. The van der Waals surface area contributed by atoms with Gasteiger partial charge in [0.15, 0.2) is 0 Å². The zero-order valence-corrected chi connectivity index (χ0v) is 6.30. The summed E-state index contributed by atoms with van der Waals surface area (Å²) in [5.41, 5.74) is 6.43. The first-order chi connectivity index (χ1) is 4.83. The van der Waals surface area contributed by atoms with Crippen molar-refractivity contribution in [2.45, 2.75) is 6.42 Å². The van der Waals surface area contributed by atoms with Gasteiger partial charge in [-0.25, -0.2) is 0 Å². The summed E-state index contributed by atoms with van der Waals surface area (Å²) in [7, 11) is 0. The second-order valence-corrected chi connectivity index (χ2v) is 2.49. The largest absolute Gasteiger partial charge is 0.330 e. The van der Waals surface area contributed by atoms with Crippen LogP contribution in [0.1, 0.15) is 5.56 Å². The second kappa shape index (κ2) is 3.54. The number of aromatic nitrogens is 1. The summed E-state index contributed by atoms with van der Waals surface area (Å²) in [6.45, 7) is 0.641. The van der Waals surface area contributed by atoms with E-state index in [9.17, 15) is 0 Å². The lowest BCUT2D eigenvalue weighted by Gasteiger charge is -1.96. The van der Waals surface area contributed by atoms with Crippen LogP contribution in [0.5, 0.6) is 0 Å². The molecule has 10 heavy (non-hydrogen) atoms. The Balaban J connectivity index is 2.75. The SMILES string of the molecule is NCCc1cncc(Cl)c1. The topological polar surface area (TPSA) is 38.9 Å². The van der Waals surface area contributed by atoms with E-state index in [-0.39, 0.29) is 0 Å². The monoisotopic (exact) mass is 156 g/mol. The minimum absolute atomic E-state index is 0.641. The van der Waals surface area contributed by atoms with Crippen molar-refractivity contribution in [1.29, 1.82) is 0 Å². The Labute approximate surface area is 65.0 Å². The smallest absolute Gasteiger partial charge is 0.0592 e. The summed E-state index contributed by atoms with van der Waals surface area (Å²) in [6, 6.07) is 1.88. The molecule has 0 spiro atoms. The van der Waals surface area contributed by atoms with E-state index in [1.165, 1.54) is 0 Å². The molecule has 0 saturated carbocycles. The van der Waals surface area contributed by atoms with Crippen LogP contribution in [0.3, 0.4) is 0 Å². The van der Waals surface area contributed by atoms with Crippen molar-refractivity contribution in [2.75, 3.05) is 6.54 Å². The summed E-state index contributed by atoms with van der Waals surface area (Å²) in [6.07, 6.45) is 4.23. The Hall–Kier alpha value is -0.600. The lowest BCUT2D eigenvalue weighted by molar-refractivity contribution is 0.959. The maximum atomic E-state index is 5.68. The molecule has 0 unspecified atom stereocenters. The molecule has 0 atom stereocenters. The van der Waals surface area contributed by atoms with E-state index < -0.39 is 0 Å². The molecule has 1 rings (SSSR count). The normalized spacial score (nSPS) is 9.80. The Kier molecular flexibility index (Phi) is 2.66. The highest BCUT2D eigenvalue weighted by Gasteiger charge is 1.91. The molecule has 0 aliphatic carbocycles. The van der Waals surface area contributed by atoms with Crippen molar-refractivity contribution in [2.24, 2.45) is 5.73 Å². The van der Waals surface area contributed by atoms with E-state index in [2.05, 4.69) is 4.98 Å². The fraction of sp³-hybridized carbons (Fsp3) is 0.286. The maximum Gasteiger partial charge on any atom is 0.0592 e. The van der Waals surface area contributed by atoms with E-state index in [1.807, 2.05) is 6.07 Å². The first-order valence-corrected chi connectivity index (χ1v) is 3.50. The van der Waals surface area contributed by atoms with Gasteiger partial charge in [-0.05, 0) is 24.6 Å². The van der Waals surface area contributed by atoms with Crippen molar-refractivity contribution >= 4 is 11.6 Å². The van der Waals surface area contributed by atoms with E-state index >= 15 is 0 Å². The van der Waals surface area contributed by atoms with E-state index in [1.54, 1.807) is 12.4 Å². The van der Waals surface area contributed by atoms with Crippen LogP contribution in [-0.4, -0.2) is 11.5 Å². The minimum Gasteiger partial charge on any atom is -0.330 e. The average molecular weight is 157 g/mol. The number of rotatable bonds is 2. The minimum atomic E-state index is 0.641. The van der Waals surface area contributed by atoms with Gasteiger partial charge in [0.25, 0.3) is 0 Å². The Morgan fingerprint density at radius 2 is 2.30 bits per heavy atom. The lowest BCUT2D eigenvalue weighted by Crippen LogP contribution is -2.02. The van der Waals surface area contributed by atoms with Crippen molar-refractivity contribution < 1.29 is 0 Å². The third-order valence-corrected chi connectivity index (χ3v) is 1.40. The zero-order chi connectivity index (χ0) is 7.40. The Morgan fingerprint density at radius 1 is 1.50 bits per heavy atom. The maximum absolute atomic E-state index is 5.68. The number of hydrogen-bond acceptors (Lipinski definition) is 2. The lowest BCUT2D eigenvalue weighted by atomic mass is 10.2. The van der Waals surface area contributed by atoms with Crippen LogP contribution in [0.25, 0.3) is 0 Å². The highest BCUT2D eigenvalue weighted by Crippen LogP contribution is 2.07. The highest BCUT2D eigenvalue weighted by molar-refractivity contribution is 6.30. The third kappa shape index (κ3) is 1.97. The number of halogens is 1. The predicted octanol–water partition coefficient (Wildman–Crippen LogP) is 1.24. The molecular formula is C7H9ClN2. The first kappa shape index (κ1) is 7.51. The van der Waals surface area contributed by atoms with Crippen molar-refractivity contribution in [3.8, 4) is 0 Å². The van der Waals surface area contributed by atoms with Crippen molar-refractivity contribution in [3.63, 3.8) is 0 Å². The third-order valence-electron chi connectivity index (χ3n) is 1.19. The highest BCUT2D eigenvalue weighted by atomic mass is 35.5. The fourth-order valence-electron chi connectivity index (χ4n) is 0.759. The Bertz CT molecular complexity index is 213. The zero-order valence-electron chi connectivity index (χ0n) is 5.55. The van der Waals surface area contributed by atoms with Gasteiger partial charge in [-0.15, -0.1) is 0 Å². The average Bonchev–Trinajstić information content (AvgIpc) is 1.88. The van der Waals surface area contributed by atoms with E-state index in [4.69, 9.17) is 17.3 Å². The molecule has 1 aromatic heterocycles. The molecule has 0 aliphatic heterocycles. The molecule has 0 bridgehead atoms. The molecule has 2 N–H and O–H groups in total. The van der Waals surface area contributed by atoms with Gasteiger partial charge < -0.3 is 5.73 Å². The van der Waals surface area contributed by atoms with Gasteiger partial charge in [-0.2, -0.15) is 0 Å². The van der Waals surface area contributed by atoms with E-state index in [0.29, 0.717) is 11.6 Å². The van der Waals surface area contributed by atoms with Gasteiger partial charge >= 0.3 is 0 Å². The standard InChI is InChI=1S/C7H9ClN2/c8-7-3-6(1-2-9)4-10-5-7/h3-5H,1-2,9H2. The summed E-state index contributed by atoms with van der Waals surface area (Å²) in [5.74, 6) is 0. The van der Waals surface area contributed by atoms with Gasteiger partial charge in [-0.3, -0.25) is 4.98 Å². The second-order valence-electron chi connectivity index (χ2n) is 2.05. The van der Waals surface area contributed by atoms with Crippen molar-refractivity contribution in [1.82, 2.24) is 4.98 Å². The van der Waals surface area contributed by atoms with Gasteiger partial charge in [0.05, 0.1) is 5.02 Å². The molecule has 3 heteroatoms. The summed E-state index contributed by atoms with van der Waals surface area (Å²) < 4.78 is 0. The fourth-order valence-corrected chi connectivity index (χ4v) is 0.956. The van der Waals surface area contributed by atoms with Crippen LogP contribution < -0.4 is 5.73 Å². The molecule has 0 fully saturated rings.